The molecular formula is C15H28O4. The van der Waals surface area contributed by atoms with E-state index >= 15 is 0 Å². The van der Waals surface area contributed by atoms with Gasteiger partial charge in [-0.3, -0.25) is 0 Å². The van der Waals surface area contributed by atoms with E-state index in [1.807, 2.05) is 20.8 Å². The molecule has 0 radical (unpaired) electrons. The van der Waals surface area contributed by atoms with Gasteiger partial charge in [-0.2, -0.15) is 0 Å². The second-order valence-corrected chi connectivity index (χ2v) is 8.14. The summed E-state index contributed by atoms with van der Waals surface area (Å²) in [6.07, 6.45) is 0.174. The molecule has 0 aromatic rings. The van der Waals surface area contributed by atoms with Crippen LogP contribution in [0.15, 0.2) is 0 Å². The number of ether oxygens (including phenoxy) is 3. The van der Waals surface area contributed by atoms with E-state index in [0.717, 1.165) is 0 Å². The monoisotopic (exact) mass is 272 g/mol. The Balaban J connectivity index is 2.05. The van der Waals surface area contributed by atoms with Gasteiger partial charge >= 0.3 is 0 Å². The molecule has 0 bridgehead atoms. The van der Waals surface area contributed by atoms with Crippen molar-refractivity contribution in [3.8, 4) is 0 Å². The maximum atomic E-state index is 10.8. The van der Waals surface area contributed by atoms with Crippen molar-refractivity contribution in [2.24, 2.45) is 5.41 Å². The van der Waals surface area contributed by atoms with Crippen LogP contribution < -0.4 is 0 Å². The van der Waals surface area contributed by atoms with Crippen LogP contribution in [-0.4, -0.2) is 47.8 Å². The van der Waals surface area contributed by atoms with Crippen LogP contribution in [0.1, 0.15) is 48.0 Å². The highest BCUT2D eigenvalue weighted by atomic mass is 16.6. The zero-order valence-corrected chi connectivity index (χ0v) is 13.0. The molecule has 4 nitrogen and oxygen atoms in total. The minimum absolute atomic E-state index is 0.0410. The standard InChI is InChI=1S/C15H28O4/c1-13(2,3)8-15(16)9-18-11-10(7-17-12(11)15)19-14(4,5)6/h10-12,16H,7-9H2,1-6H3/t10-,11-,12+,15?/m1/s1. The Kier molecular flexibility index (Phi) is 3.76. The van der Waals surface area contributed by atoms with Gasteiger partial charge in [0.25, 0.3) is 0 Å². The van der Waals surface area contributed by atoms with Gasteiger partial charge in [-0.25, -0.2) is 0 Å². The van der Waals surface area contributed by atoms with E-state index in [1.165, 1.54) is 0 Å². The number of hydrogen-bond donors (Lipinski definition) is 1. The fourth-order valence-electron chi connectivity index (χ4n) is 3.19. The first-order valence-corrected chi connectivity index (χ1v) is 7.14. The zero-order valence-electron chi connectivity index (χ0n) is 13.0. The van der Waals surface area contributed by atoms with Crippen LogP contribution in [0.4, 0.5) is 0 Å². The summed E-state index contributed by atoms with van der Waals surface area (Å²) in [4.78, 5) is 0. The smallest absolute Gasteiger partial charge is 0.117 e. The summed E-state index contributed by atoms with van der Waals surface area (Å²) in [7, 11) is 0. The molecule has 0 aromatic carbocycles. The molecule has 1 N–H and O–H groups in total. The lowest BCUT2D eigenvalue weighted by Crippen LogP contribution is -2.46. The molecule has 2 aliphatic heterocycles. The largest absolute Gasteiger partial charge is 0.385 e. The SMILES string of the molecule is CC(C)(C)CC1(O)CO[C@@H]2[C@H](OC(C)(C)C)CO[C@@H]21. The van der Waals surface area contributed by atoms with Crippen LogP contribution in [0.5, 0.6) is 0 Å². The van der Waals surface area contributed by atoms with Gasteiger partial charge < -0.3 is 19.3 Å². The van der Waals surface area contributed by atoms with Crippen LogP contribution in [0.25, 0.3) is 0 Å². The van der Waals surface area contributed by atoms with Crippen LogP contribution in [0.3, 0.4) is 0 Å². The molecule has 0 aromatic heterocycles. The second kappa shape index (κ2) is 4.69. The predicted molar refractivity (Wildman–Crippen MR) is 73.1 cm³/mol. The van der Waals surface area contributed by atoms with Gasteiger partial charge in [-0.1, -0.05) is 20.8 Å². The van der Waals surface area contributed by atoms with Crippen molar-refractivity contribution in [2.45, 2.75) is 77.5 Å². The molecule has 2 aliphatic rings. The maximum absolute atomic E-state index is 10.8. The lowest BCUT2D eigenvalue weighted by Gasteiger charge is -2.33. The highest BCUT2D eigenvalue weighted by molar-refractivity contribution is 5.06. The lowest BCUT2D eigenvalue weighted by molar-refractivity contribution is -0.114. The van der Waals surface area contributed by atoms with Gasteiger partial charge in [0, 0.05) is 0 Å². The summed E-state index contributed by atoms with van der Waals surface area (Å²) in [5.41, 5.74) is -1.07. The first kappa shape index (κ1) is 15.2. The Labute approximate surface area is 116 Å². The second-order valence-electron chi connectivity index (χ2n) is 8.14. The third-order valence-electron chi connectivity index (χ3n) is 3.50. The fraction of sp³-hybridized carbons (Fsp3) is 1.00. The maximum Gasteiger partial charge on any atom is 0.117 e. The average molecular weight is 272 g/mol. The average Bonchev–Trinajstić information content (AvgIpc) is 2.65. The molecule has 2 fully saturated rings. The highest BCUT2D eigenvalue weighted by Crippen LogP contribution is 2.42. The molecule has 2 saturated heterocycles. The van der Waals surface area contributed by atoms with Gasteiger partial charge in [0.1, 0.15) is 23.9 Å². The van der Waals surface area contributed by atoms with E-state index in [4.69, 9.17) is 14.2 Å². The molecule has 2 heterocycles. The lowest BCUT2D eigenvalue weighted by atomic mass is 9.79. The molecule has 19 heavy (non-hydrogen) atoms. The summed E-state index contributed by atoms with van der Waals surface area (Å²) in [5.74, 6) is 0. The fourth-order valence-corrected chi connectivity index (χ4v) is 3.19. The van der Waals surface area contributed by atoms with Crippen LogP contribution in [-0.2, 0) is 14.2 Å². The number of rotatable bonds is 2. The highest BCUT2D eigenvalue weighted by Gasteiger charge is 2.57. The molecule has 1 unspecified atom stereocenters. The number of hydrogen-bond acceptors (Lipinski definition) is 4. The summed E-state index contributed by atoms with van der Waals surface area (Å²) < 4.78 is 17.6. The van der Waals surface area contributed by atoms with Gasteiger partial charge in [0.2, 0.25) is 0 Å². The first-order chi connectivity index (χ1) is 8.50. The minimum atomic E-state index is -0.890. The van der Waals surface area contributed by atoms with Crippen molar-refractivity contribution in [3.05, 3.63) is 0 Å². The van der Waals surface area contributed by atoms with Gasteiger partial charge in [-0.15, -0.1) is 0 Å². The van der Waals surface area contributed by atoms with Crippen molar-refractivity contribution in [2.75, 3.05) is 13.2 Å². The molecule has 0 aliphatic carbocycles. The zero-order chi connectivity index (χ0) is 14.5. The normalized spacial score (nSPS) is 39.6. The summed E-state index contributed by atoms with van der Waals surface area (Å²) in [5, 5.41) is 10.8. The van der Waals surface area contributed by atoms with Crippen molar-refractivity contribution in [1.82, 2.24) is 0 Å². The Morgan fingerprint density at radius 2 is 1.79 bits per heavy atom. The topological polar surface area (TPSA) is 47.9 Å². The van der Waals surface area contributed by atoms with Crippen LogP contribution >= 0.6 is 0 Å². The third kappa shape index (κ3) is 3.48. The van der Waals surface area contributed by atoms with Crippen molar-refractivity contribution in [1.29, 1.82) is 0 Å². The first-order valence-electron chi connectivity index (χ1n) is 7.14. The van der Waals surface area contributed by atoms with E-state index in [9.17, 15) is 5.11 Å². The third-order valence-corrected chi connectivity index (χ3v) is 3.50. The van der Waals surface area contributed by atoms with E-state index in [0.29, 0.717) is 19.6 Å². The van der Waals surface area contributed by atoms with Crippen LogP contribution in [0.2, 0.25) is 0 Å². The van der Waals surface area contributed by atoms with E-state index < -0.39 is 5.60 Å². The number of aliphatic hydroxyl groups is 1. The Morgan fingerprint density at radius 3 is 2.32 bits per heavy atom. The molecule has 0 saturated carbocycles. The van der Waals surface area contributed by atoms with Gasteiger partial charge in [-0.05, 0) is 32.6 Å². The Morgan fingerprint density at radius 1 is 1.16 bits per heavy atom. The molecule has 2 rings (SSSR count). The van der Waals surface area contributed by atoms with Gasteiger partial charge in [0.05, 0.1) is 18.8 Å². The van der Waals surface area contributed by atoms with Crippen LogP contribution in [0, 0.1) is 5.41 Å². The van der Waals surface area contributed by atoms with E-state index in [1.54, 1.807) is 0 Å². The molecule has 112 valence electrons. The molecule has 0 amide bonds. The quantitative estimate of drug-likeness (QED) is 0.836. The van der Waals surface area contributed by atoms with E-state index in [2.05, 4.69) is 20.8 Å². The molecule has 4 heteroatoms. The van der Waals surface area contributed by atoms with Crippen molar-refractivity contribution >= 4 is 0 Å². The number of fused-ring (bicyclic) bond motifs is 1. The predicted octanol–water partition coefficient (Wildman–Crippen LogP) is 2.13. The summed E-state index contributed by atoms with van der Waals surface area (Å²) >= 11 is 0. The Hall–Kier alpha value is -0.160. The summed E-state index contributed by atoms with van der Waals surface area (Å²) in [6, 6.07) is 0. The molecule has 0 spiro atoms. The van der Waals surface area contributed by atoms with Gasteiger partial charge in [0.15, 0.2) is 0 Å². The summed E-state index contributed by atoms with van der Waals surface area (Å²) in [6.45, 7) is 13.3. The molecule has 4 atom stereocenters. The molecular weight excluding hydrogens is 244 g/mol. The minimum Gasteiger partial charge on any atom is -0.385 e. The van der Waals surface area contributed by atoms with Crippen molar-refractivity contribution in [3.63, 3.8) is 0 Å². The van der Waals surface area contributed by atoms with E-state index in [-0.39, 0.29) is 29.3 Å². The Bertz CT molecular complexity index is 328. The van der Waals surface area contributed by atoms with Crippen molar-refractivity contribution < 1.29 is 19.3 Å².